The molecule has 0 aromatic carbocycles. The summed E-state index contributed by atoms with van der Waals surface area (Å²) in [7, 11) is 1.67. The fraction of sp³-hybridized carbons (Fsp3) is 0.875. The summed E-state index contributed by atoms with van der Waals surface area (Å²) in [6, 6.07) is -0.250. The number of rotatable bonds is 4. The zero-order valence-corrected chi connectivity index (χ0v) is 8.00. The van der Waals surface area contributed by atoms with Crippen LogP contribution in [-0.4, -0.2) is 42.3 Å². The normalized spacial score (nSPS) is 12.3. The maximum atomic E-state index is 11.2. The quantitative estimate of drug-likeness (QED) is 0.649. The Morgan fingerprint density at radius 1 is 1.67 bits per heavy atom. The van der Waals surface area contributed by atoms with E-state index in [4.69, 9.17) is 5.11 Å². The van der Waals surface area contributed by atoms with Gasteiger partial charge in [0.25, 0.3) is 0 Å². The number of nitrogens with one attached hydrogen (secondary N) is 1. The minimum atomic E-state index is -0.126. The number of urea groups is 1. The highest BCUT2D eigenvalue weighted by Crippen LogP contribution is 1.93. The largest absolute Gasteiger partial charge is 0.394 e. The van der Waals surface area contributed by atoms with Gasteiger partial charge in [0.15, 0.2) is 0 Å². The van der Waals surface area contributed by atoms with Crippen LogP contribution in [-0.2, 0) is 0 Å². The standard InChI is InChI=1S/C8H18N2O2/c1-4-5-9-8(12)10(3)7(2)6-11/h7,11H,4-6H2,1-3H3,(H,9,12). The van der Waals surface area contributed by atoms with Crippen molar-refractivity contribution in [3.8, 4) is 0 Å². The lowest BCUT2D eigenvalue weighted by atomic mass is 10.3. The maximum Gasteiger partial charge on any atom is 0.317 e. The molecule has 0 bridgehead atoms. The number of aliphatic hydroxyl groups excluding tert-OH is 1. The molecule has 0 saturated heterocycles. The molecule has 4 nitrogen and oxygen atoms in total. The summed E-state index contributed by atoms with van der Waals surface area (Å²) in [5.41, 5.74) is 0. The lowest BCUT2D eigenvalue weighted by molar-refractivity contribution is 0.157. The van der Waals surface area contributed by atoms with E-state index in [0.29, 0.717) is 6.54 Å². The number of carbonyl (C=O) groups excluding carboxylic acids is 1. The molecule has 0 aromatic heterocycles. The molecule has 0 rings (SSSR count). The second-order valence-electron chi connectivity index (χ2n) is 2.87. The van der Waals surface area contributed by atoms with Gasteiger partial charge >= 0.3 is 6.03 Å². The van der Waals surface area contributed by atoms with Crippen molar-refractivity contribution in [2.75, 3.05) is 20.2 Å². The van der Waals surface area contributed by atoms with E-state index in [1.165, 1.54) is 4.90 Å². The molecule has 1 unspecified atom stereocenters. The Bertz CT molecular complexity index is 139. The van der Waals surface area contributed by atoms with Crippen LogP contribution in [0.15, 0.2) is 0 Å². The molecule has 0 fully saturated rings. The lowest BCUT2D eigenvalue weighted by Crippen LogP contribution is -2.44. The van der Waals surface area contributed by atoms with Crippen molar-refractivity contribution < 1.29 is 9.90 Å². The van der Waals surface area contributed by atoms with Gasteiger partial charge in [-0.05, 0) is 13.3 Å². The monoisotopic (exact) mass is 174 g/mol. The number of aliphatic hydroxyl groups is 1. The van der Waals surface area contributed by atoms with Gasteiger partial charge in [-0.3, -0.25) is 0 Å². The molecule has 1 atom stereocenters. The molecule has 0 spiro atoms. The molecule has 0 aliphatic rings. The fourth-order valence-corrected chi connectivity index (χ4v) is 0.679. The molecule has 4 heteroatoms. The Balaban J connectivity index is 3.75. The highest BCUT2D eigenvalue weighted by atomic mass is 16.3. The highest BCUT2D eigenvalue weighted by molar-refractivity contribution is 5.74. The molecular formula is C8H18N2O2. The molecule has 0 aliphatic carbocycles. The van der Waals surface area contributed by atoms with Crippen LogP contribution >= 0.6 is 0 Å². The highest BCUT2D eigenvalue weighted by Gasteiger charge is 2.12. The molecule has 12 heavy (non-hydrogen) atoms. The van der Waals surface area contributed by atoms with Crippen LogP contribution in [0.5, 0.6) is 0 Å². The third-order valence-electron chi connectivity index (χ3n) is 1.77. The van der Waals surface area contributed by atoms with Gasteiger partial charge in [0, 0.05) is 13.6 Å². The summed E-state index contributed by atoms with van der Waals surface area (Å²) in [5, 5.41) is 11.5. The Hall–Kier alpha value is -0.770. The molecule has 0 aromatic rings. The number of nitrogens with zero attached hydrogens (tertiary/aromatic N) is 1. The van der Waals surface area contributed by atoms with Gasteiger partial charge in [-0.1, -0.05) is 6.92 Å². The van der Waals surface area contributed by atoms with Crippen LogP contribution in [0.4, 0.5) is 4.79 Å². The second kappa shape index (κ2) is 5.83. The summed E-state index contributed by atoms with van der Waals surface area (Å²) in [6.07, 6.45) is 0.924. The molecule has 72 valence electrons. The third kappa shape index (κ3) is 3.57. The molecular weight excluding hydrogens is 156 g/mol. The van der Waals surface area contributed by atoms with Gasteiger partial charge in [0.2, 0.25) is 0 Å². The summed E-state index contributed by atoms with van der Waals surface area (Å²) < 4.78 is 0. The van der Waals surface area contributed by atoms with E-state index in [1.807, 2.05) is 6.92 Å². The van der Waals surface area contributed by atoms with Crippen LogP contribution in [0.2, 0.25) is 0 Å². The maximum absolute atomic E-state index is 11.2. The third-order valence-corrected chi connectivity index (χ3v) is 1.77. The van der Waals surface area contributed by atoms with Gasteiger partial charge in [0.1, 0.15) is 0 Å². The number of carbonyl (C=O) groups is 1. The smallest absolute Gasteiger partial charge is 0.317 e. The number of likely N-dealkylation sites (N-methyl/N-ethyl adjacent to an activating group) is 1. The van der Waals surface area contributed by atoms with E-state index in [0.717, 1.165) is 6.42 Å². The fourth-order valence-electron chi connectivity index (χ4n) is 0.679. The predicted octanol–water partition coefficient (Wildman–Crippen LogP) is 0.419. The molecule has 0 heterocycles. The topological polar surface area (TPSA) is 52.6 Å². The van der Waals surface area contributed by atoms with Crippen molar-refractivity contribution in [1.82, 2.24) is 10.2 Å². The first-order valence-electron chi connectivity index (χ1n) is 4.25. The van der Waals surface area contributed by atoms with Crippen molar-refractivity contribution in [3.63, 3.8) is 0 Å². The molecule has 0 saturated carbocycles. The first kappa shape index (κ1) is 11.2. The van der Waals surface area contributed by atoms with Gasteiger partial charge in [-0.15, -0.1) is 0 Å². The Kier molecular flexibility index (Phi) is 5.45. The van der Waals surface area contributed by atoms with E-state index in [1.54, 1.807) is 14.0 Å². The van der Waals surface area contributed by atoms with Crippen molar-refractivity contribution in [2.45, 2.75) is 26.3 Å². The van der Waals surface area contributed by atoms with E-state index >= 15 is 0 Å². The average molecular weight is 174 g/mol. The van der Waals surface area contributed by atoms with E-state index in [-0.39, 0.29) is 18.7 Å². The van der Waals surface area contributed by atoms with Crippen LogP contribution in [0, 0.1) is 0 Å². The van der Waals surface area contributed by atoms with Crippen molar-refractivity contribution in [2.24, 2.45) is 0 Å². The molecule has 0 aliphatic heterocycles. The zero-order valence-electron chi connectivity index (χ0n) is 8.00. The average Bonchev–Trinajstić information content (AvgIpc) is 2.11. The van der Waals surface area contributed by atoms with E-state index in [9.17, 15) is 4.79 Å². The van der Waals surface area contributed by atoms with Gasteiger partial charge in [-0.2, -0.15) is 0 Å². The van der Waals surface area contributed by atoms with Crippen LogP contribution < -0.4 is 5.32 Å². The lowest BCUT2D eigenvalue weighted by Gasteiger charge is -2.23. The van der Waals surface area contributed by atoms with Crippen LogP contribution in [0.25, 0.3) is 0 Å². The van der Waals surface area contributed by atoms with E-state index < -0.39 is 0 Å². The Morgan fingerprint density at radius 2 is 2.25 bits per heavy atom. The first-order chi connectivity index (χ1) is 5.63. The molecule has 2 N–H and O–H groups in total. The Morgan fingerprint density at radius 3 is 2.67 bits per heavy atom. The summed E-state index contributed by atoms with van der Waals surface area (Å²) in [4.78, 5) is 12.7. The molecule has 2 amide bonds. The predicted molar refractivity (Wildman–Crippen MR) is 48.0 cm³/mol. The van der Waals surface area contributed by atoms with Crippen molar-refractivity contribution in [3.05, 3.63) is 0 Å². The minimum absolute atomic E-state index is 0.00392. The van der Waals surface area contributed by atoms with Gasteiger partial charge in [0.05, 0.1) is 12.6 Å². The van der Waals surface area contributed by atoms with Crippen LogP contribution in [0.3, 0.4) is 0 Å². The SMILES string of the molecule is CCCNC(=O)N(C)C(C)CO. The molecule has 0 radical (unpaired) electrons. The number of amides is 2. The van der Waals surface area contributed by atoms with E-state index in [2.05, 4.69) is 5.32 Å². The number of hydrogen-bond acceptors (Lipinski definition) is 2. The second-order valence-corrected chi connectivity index (χ2v) is 2.87. The van der Waals surface area contributed by atoms with Gasteiger partial charge < -0.3 is 15.3 Å². The van der Waals surface area contributed by atoms with Crippen molar-refractivity contribution >= 4 is 6.03 Å². The van der Waals surface area contributed by atoms with Crippen LogP contribution in [0.1, 0.15) is 20.3 Å². The zero-order chi connectivity index (χ0) is 9.56. The number of hydrogen-bond donors (Lipinski definition) is 2. The van der Waals surface area contributed by atoms with Gasteiger partial charge in [-0.25, -0.2) is 4.79 Å². The minimum Gasteiger partial charge on any atom is -0.394 e. The summed E-state index contributed by atoms with van der Waals surface area (Å²) in [6.45, 7) is 4.47. The Labute approximate surface area is 73.6 Å². The summed E-state index contributed by atoms with van der Waals surface area (Å²) >= 11 is 0. The van der Waals surface area contributed by atoms with Crippen molar-refractivity contribution in [1.29, 1.82) is 0 Å². The summed E-state index contributed by atoms with van der Waals surface area (Å²) in [5.74, 6) is 0. The first-order valence-corrected chi connectivity index (χ1v) is 4.25.